The number of likely N-dealkylation sites (N-methyl/N-ethyl adjacent to an activating group) is 2. The van der Waals surface area contributed by atoms with Gasteiger partial charge in [0.2, 0.25) is 0 Å². The Labute approximate surface area is 133 Å². The number of hydrogen-bond donors (Lipinski definition) is 1. The smallest absolute Gasteiger partial charge is 0.320 e. The fourth-order valence-corrected chi connectivity index (χ4v) is 2.91. The highest BCUT2D eigenvalue weighted by molar-refractivity contribution is 5.81. The van der Waals surface area contributed by atoms with Crippen molar-refractivity contribution in [2.24, 2.45) is 4.99 Å². The third-order valence-electron chi connectivity index (χ3n) is 4.18. The summed E-state index contributed by atoms with van der Waals surface area (Å²) in [7, 11) is 2.07. The van der Waals surface area contributed by atoms with E-state index in [0.717, 1.165) is 38.4 Å². The zero-order valence-corrected chi connectivity index (χ0v) is 14.6. The molecule has 1 aliphatic heterocycles. The summed E-state index contributed by atoms with van der Waals surface area (Å²) < 4.78 is 5.42. The summed E-state index contributed by atoms with van der Waals surface area (Å²) in [5.41, 5.74) is -0.411. The van der Waals surface area contributed by atoms with Gasteiger partial charge in [0.1, 0.15) is 5.60 Å². The largest absolute Gasteiger partial charge is 0.459 e. The molecule has 0 aromatic carbocycles. The first-order valence-corrected chi connectivity index (χ1v) is 8.26. The fraction of sp³-hybridized carbons (Fsp3) is 0.875. The molecule has 126 valence electrons. The van der Waals surface area contributed by atoms with Gasteiger partial charge in [0.25, 0.3) is 0 Å². The highest BCUT2D eigenvalue weighted by Gasteiger charge is 2.35. The molecule has 0 saturated heterocycles. The summed E-state index contributed by atoms with van der Waals surface area (Å²) in [6.07, 6.45) is 2.12. The van der Waals surface area contributed by atoms with Gasteiger partial charge in [0.05, 0.1) is 13.1 Å². The van der Waals surface area contributed by atoms with Crippen LogP contribution in [-0.2, 0) is 9.53 Å². The molecule has 0 radical (unpaired) electrons. The fourth-order valence-electron chi connectivity index (χ4n) is 2.91. The minimum Gasteiger partial charge on any atom is -0.459 e. The maximum atomic E-state index is 12.0. The van der Waals surface area contributed by atoms with E-state index in [0.29, 0.717) is 18.6 Å². The summed E-state index contributed by atoms with van der Waals surface area (Å²) >= 11 is 0. The standard InChI is InChI=1S/C16H30N4O2/c1-6-20(11-14(21)22-16(2,3)4)13-9-12(10-13)18-15-17-7-8-19(15)5/h12-13H,6-11H2,1-5H3,(H,17,18). The van der Waals surface area contributed by atoms with Crippen molar-refractivity contribution >= 4 is 11.9 Å². The highest BCUT2D eigenvalue weighted by atomic mass is 16.6. The van der Waals surface area contributed by atoms with Gasteiger partial charge in [0, 0.05) is 25.7 Å². The molecule has 0 amide bonds. The zero-order valence-electron chi connectivity index (χ0n) is 14.6. The van der Waals surface area contributed by atoms with Crippen LogP contribution in [0.4, 0.5) is 0 Å². The summed E-state index contributed by atoms with van der Waals surface area (Å²) in [5, 5.41) is 3.50. The van der Waals surface area contributed by atoms with E-state index in [9.17, 15) is 4.79 Å². The van der Waals surface area contributed by atoms with Crippen molar-refractivity contribution in [2.75, 3.05) is 33.2 Å². The van der Waals surface area contributed by atoms with Crippen LogP contribution in [0, 0.1) is 0 Å². The van der Waals surface area contributed by atoms with Crippen LogP contribution in [-0.4, -0.2) is 72.6 Å². The van der Waals surface area contributed by atoms with Gasteiger partial charge < -0.3 is 15.0 Å². The Balaban J connectivity index is 1.74. The number of carbonyl (C=O) groups is 1. The molecule has 2 aliphatic rings. The van der Waals surface area contributed by atoms with Crippen LogP contribution < -0.4 is 5.32 Å². The molecule has 0 aromatic rings. The van der Waals surface area contributed by atoms with E-state index in [1.807, 2.05) is 20.8 Å². The van der Waals surface area contributed by atoms with Crippen molar-refractivity contribution < 1.29 is 9.53 Å². The molecule has 1 fully saturated rings. The number of esters is 1. The number of nitrogens with zero attached hydrogens (tertiary/aromatic N) is 3. The van der Waals surface area contributed by atoms with Crippen LogP contribution in [0.3, 0.4) is 0 Å². The van der Waals surface area contributed by atoms with E-state index in [-0.39, 0.29) is 5.97 Å². The van der Waals surface area contributed by atoms with Crippen LogP contribution >= 0.6 is 0 Å². The Morgan fingerprint density at radius 1 is 1.45 bits per heavy atom. The van der Waals surface area contributed by atoms with Crippen molar-refractivity contribution in [1.82, 2.24) is 15.1 Å². The molecule has 1 heterocycles. The Bertz CT molecular complexity index is 424. The van der Waals surface area contributed by atoms with Crippen LogP contribution in [0.25, 0.3) is 0 Å². The third-order valence-corrected chi connectivity index (χ3v) is 4.18. The number of nitrogens with one attached hydrogen (secondary N) is 1. The summed E-state index contributed by atoms with van der Waals surface area (Å²) in [5.74, 6) is 0.879. The van der Waals surface area contributed by atoms with Gasteiger partial charge in [0.15, 0.2) is 5.96 Å². The Morgan fingerprint density at radius 2 is 2.14 bits per heavy atom. The zero-order chi connectivity index (χ0) is 16.3. The lowest BCUT2D eigenvalue weighted by atomic mass is 9.85. The van der Waals surface area contributed by atoms with Crippen LogP contribution in [0.15, 0.2) is 4.99 Å². The van der Waals surface area contributed by atoms with Gasteiger partial charge in [-0.3, -0.25) is 14.7 Å². The van der Waals surface area contributed by atoms with Gasteiger partial charge in [-0.1, -0.05) is 6.92 Å². The lowest BCUT2D eigenvalue weighted by Crippen LogP contribution is -2.56. The van der Waals surface area contributed by atoms with E-state index in [4.69, 9.17) is 4.74 Å². The summed E-state index contributed by atoms with van der Waals surface area (Å²) in [6.45, 7) is 11.0. The quantitative estimate of drug-likeness (QED) is 0.770. The number of aliphatic imine (C=N–C) groups is 1. The van der Waals surface area contributed by atoms with Crippen molar-refractivity contribution in [2.45, 2.75) is 58.2 Å². The number of carbonyl (C=O) groups excluding carboxylic acids is 1. The number of ether oxygens (including phenoxy) is 1. The van der Waals surface area contributed by atoms with Crippen LogP contribution in [0.1, 0.15) is 40.5 Å². The molecule has 0 bridgehead atoms. The molecular weight excluding hydrogens is 280 g/mol. The minimum atomic E-state index is -0.411. The van der Waals surface area contributed by atoms with Gasteiger partial charge in [-0.25, -0.2) is 0 Å². The maximum absolute atomic E-state index is 12.0. The molecule has 0 unspecified atom stereocenters. The first kappa shape index (κ1) is 17.1. The monoisotopic (exact) mass is 310 g/mol. The van der Waals surface area contributed by atoms with Gasteiger partial charge in [-0.15, -0.1) is 0 Å². The van der Waals surface area contributed by atoms with E-state index >= 15 is 0 Å². The van der Waals surface area contributed by atoms with Crippen molar-refractivity contribution in [3.63, 3.8) is 0 Å². The molecule has 6 heteroatoms. The number of guanidine groups is 1. The lowest BCUT2D eigenvalue weighted by molar-refractivity contribution is -0.157. The summed E-state index contributed by atoms with van der Waals surface area (Å²) in [4.78, 5) is 20.8. The molecule has 0 spiro atoms. The molecule has 6 nitrogen and oxygen atoms in total. The first-order chi connectivity index (χ1) is 10.3. The molecule has 1 N–H and O–H groups in total. The van der Waals surface area contributed by atoms with E-state index in [1.54, 1.807) is 0 Å². The predicted octanol–water partition coefficient (Wildman–Crippen LogP) is 1.07. The van der Waals surface area contributed by atoms with Gasteiger partial charge in [-0.05, 0) is 40.2 Å². The van der Waals surface area contributed by atoms with E-state index < -0.39 is 5.60 Å². The normalized spacial score (nSPS) is 25.0. The second kappa shape index (κ2) is 6.86. The topological polar surface area (TPSA) is 57.2 Å². The average Bonchev–Trinajstić information content (AvgIpc) is 2.74. The molecule has 0 atom stereocenters. The van der Waals surface area contributed by atoms with E-state index in [1.165, 1.54) is 0 Å². The average molecular weight is 310 g/mol. The second-order valence-corrected chi connectivity index (χ2v) is 7.24. The number of hydrogen-bond acceptors (Lipinski definition) is 6. The maximum Gasteiger partial charge on any atom is 0.320 e. The lowest BCUT2D eigenvalue weighted by Gasteiger charge is -2.43. The third kappa shape index (κ3) is 4.60. The Morgan fingerprint density at radius 3 is 2.64 bits per heavy atom. The Kier molecular flexibility index (Phi) is 5.32. The number of rotatable bonds is 5. The van der Waals surface area contributed by atoms with E-state index in [2.05, 4.69) is 34.1 Å². The molecule has 1 aliphatic carbocycles. The molecule has 0 aromatic heterocycles. The molecule has 22 heavy (non-hydrogen) atoms. The molecular formula is C16H30N4O2. The van der Waals surface area contributed by atoms with Gasteiger partial charge >= 0.3 is 5.97 Å². The van der Waals surface area contributed by atoms with Crippen molar-refractivity contribution in [3.8, 4) is 0 Å². The van der Waals surface area contributed by atoms with Crippen molar-refractivity contribution in [3.05, 3.63) is 0 Å². The molecule has 1 saturated carbocycles. The van der Waals surface area contributed by atoms with Gasteiger partial charge in [-0.2, -0.15) is 0 Å². The second-order valence-electron chi connectivity index (χ2n) is 7.24. The highest BCUT2D eigenvalue weighted by Crippen LogP contribution is 2.26. The Hall–Kier alpha value is -1.30. The first-order valence-electron chi connectivity index (χ1n) is 8.26. The summed E-state index contributed by atoms with van der Waals surface area (Å²) in [6, 6.07) is 0.930. The minimum absolute atomic E-state index is 0.134. The molecule has 2 rings (SSSR count). The SMILES string of the molecule is CCN(CC(=O)OC(C)(C)C)C1CC(NC2=NCCN2C)C1. The van der Waals surface area contributed by atoms with Crippen LogP contribution in [0.5, 0.6) is 0 Å². The predicted molar refractivity (Wildman–Crippen MR) is 88.0 cm³/mol. The van der Waals surface area contributed by atoms with Crippen LogP contribution in [0.2, 0.25) is 0 Å². The van der Waals surface area contributed by atoms with Crippen molar-refractivity contribution in [1.29, 1.82) is 0 Å².